The average Bonchev–Trinajstić information content (AvgIpc) is 2.67. The van der Waals surface area contributed by atoms with Crippen LogP contribution >= 0.6 is 0 Å². The van der Waals surface area contributed by atoms with E-state index in [9.17, 15) is 9.59 Å². The molecule has 6 heteroatoms. The number of pyridine rings is 1. The van der Waals surface area contributed by atoms with Gasteiger partial charge in [0.2, 0.25) is 11.8 Å². The van der Waals surface area contributed by atoms with E-state index in [1.54, 1.807) is 6.20 Å². The number of amides is 2. The highest BCUT2D eigenvalue weighted by molar-refractivity contribution is 5.87. The highest BCUT2D eigenvalue weighted by Crippen LogP contribution is 2.17. The summed E-state index contributed by atoms with van der Waals surface area (Å²) in [7, 11) is 0. The van der Waals surface area contributed by atoms with E-state index in [0.29, 0.717) is 6.42 Å². The fourth-order valence-corrected chi connectivity index (χ4v) is 2.43. The maximum absolute atomic E-state index is 12.3. The molecule has 0 bridgehead atoms. The average molecular weight is 350 g/mol. The van der Waals surface area contributed by atoms with Gasteiger partial charge in [0.05, 0.1) is 18.6 Å². The van der Waals surface area contributed by atoms with E-state index < -0.39 is 11.9 Å². The van der Waals surface area contributed by atoms with Crippen LogP contribution in [0.25, 0.3) is 0 Å². The highest BCUT2D eigenvalue weighted by Gasteiger charge is 2.17. The number of hydrogen-bond donors (Lipinski definition) is 3. The molecule has 26 heavy (non-hydrogen) atoms. The molecule has 1 unspecified atom stereocenters. The number of nitrogens with two attached hydrogens (primary N) is 1. The molecular formula is C20H22N4O2. The quantitative estimate of drug-likeness (QED) is 0.618. The second kappa shape index (κ2) is 9.97. The first-order valence-corrected chi connectivity index (χ1v) is 8.31. The summed E-state index contributed by atoms with van der Waals surface area (Å²) < 4.78 is 0. The molecule has 2 rings (SSSR count). The Bertz CT molecular complexity index is 756. The zero-order valence-corrected chi connectivity index (χ0v) is 14.4. The van der Waals surface area contributed by atoms with Crippen molar-refractivity contribution in [3.63, 3.8) is 0 Å². The number of hydrogen-bond acceptors (Lipinski definition) is 4. The maximum Gasteiger partial charge on any atom is 0.239 e. The van der Waals surface area contributed by atoms with Crippen molar-refractivity contribution < 1.29 is 9.59 Å². The summed E-state index contributed by atoms with van der Waals surface area (Å²) in [5.41, 5.74) is 7.44. The minimum atomic E-state index is -0.814. The summed E-state index contributed by atoms with van der Waals surface area (Å²) in [5, 5.41) is 5.43. The topological polar surface area (TPSA) is 97.1 Å². The molecule has 6 nitrogen and oxygen atoms in total. The summed E-state index contributed by atoms with van der Waals surface area (Å²) in [5.74, 6) is 1.57. The first kappa shape index (κ1) is 19.2. The Kier molecular flexibility index (Phi) is 7.34. The van der Waals surface area contributed by atoms with Gasteiger partial charge < -0.3 is 16.4 Å². The van der Waals surface area contributed by atoms with Crippen LogP contribution in [0.1, 0.15) is 23.7 Å². The lowest BCUT2D eigenvalue weighted by Gasteiger charge is -2.19. The minimum absolute atomic E-state index is 0.125. The number of aromatic nitrogens is 1. The molecular weight excluding hydrogens is 328 g/mol. The molecule has 0 aliphatic rings. The van der Waals surface area contributed by atoms with E-state index in [-0.39, 0.29) is 24.9 Å². The third kappa shape index (κ3) is 6.04. The third-order valence-electron chi connectivity index (χ3n) is 3.77. The van der Waals surface area contributed by atoms with Crippen molar-refractivity contribution in [3.8, 4) is 12.3 Å². The number of carbonyl (C=O) groups is 2. The molecule has 0 radical (unpaired) electrons. The van der Waals surface area contributed by atoms with Crippen LogP contribution in [0.4, 0.5) is 0 Å². The van der Waals surface area contributed by atoms with E-state index in [1.165, 1.54) is 0 Å². The van der Waals surface area contributed by atoms with E-state index in [0.717, 1.165) is 11.3 Å². The van der Waals surface area contributed by atoms with Gasteiger partial charge in [0.25, 0.3) is 0 Å². The molecule has 134 valence electrons. The molecule has 2 amide bonds. The summed E-state index contributed by atoms with van der Waals surface area (Å²) in [6, 6.07) is 14.2. The summed E-state index contributed by atoms with van der Waals surface area (Å²) >= 11 is 0. The molecule has 0 spiro atoms. The van der Waals surface area contributed by atoms with Gasteiger partial charge in [0.1, 0.15) is 0 Å². The van der Waals surface area contributed by atoms with Crippen LogP contribution in [0.2, 0.25) is 0 Å². The first-order chi connectivity index (χ1) is 12.6. The molecule has 0 aliphatic heterocycles. The lowest BCUT2D eigenvalue weighted by atomic mass is 10.0. The van der Waals surface area contributed by atoms with Gasteiger partial charge in [-0.2, -0.15) is 0 Å². The minimum Gasteiger partial charge on any atom is -0.347 e. The number of benzene rings is 1. The van der Waals surface area contributed by atoms with Crippen LogP contribution in [0.3, 0.4) is 0 Å². The Morgan fingerprint density at radius 3 is 2.54 bits per heavy atom. The fourth-order valence-electron chi connectivity index (χ4n) is 2.43. The molecule has 2 aromatic rings. The SMILES string of the molecule is C#CC[C@H](N)C(=O)NCC(=O)NC(Cc1ccccn1)c1ccccc1. The standard InChI is InChI=1S/C20H22N4O2/c1-2-8-17(21)20(26)23-14-19(25)24-18(15-9-4-3-5-10-15)13-16-11-6-7-12-22-16/h1,3-7,9-12,17-18H,8,13-14,21H2,(H,23,26)(H,24,25)/t17-,18?/m0/s1. The number of terminal acetylenes is 1. The van der Waals surface area contributed by atoms with Crippen molar-refractivity contribution >= 4 is 11.8 Å². The molecule has 0 saturated heterocycles. The molecule has 0 aliphatic carbocycles. The molecule has 0 saturated carbocycles. The van der Waals surface area contributed by atoms with Gasteiger partial charge in [0.15, 0.2) is 0 Å². The molecule has 1 aromatic carbocycles. The molecule has 4 N–H and O–H groups in total. The second-order valence-corrected chi connectivity index (χ2v) is 5.79. The van der Waals surface area contributed by atoms with Crippen molar-refractivity contribution in [1.82, 2.24) is 15.6 Å². The van der Waals surface area contributed by atoms with Crippen molar-refractivity contribution in [2.45, 2.75) is 24.9 Å². The second-order valence-electron chi connectivity index (χ2n) is 5.79. The predicted octanol–water partition coefficient (Wildman–Crippen LogP) is 0.948. The largest absolute Gasteiger partial charge is 0.347 e. The van der Waals surface area contributed by atoms with Crippen LogP contribution < -0.4 is 16.4 Å². The zero-order chi connectivity index (χ0) is 18.8. The Balaban J connectivity index is 1.99. The number of rotatable bonds is 8. The van der Waals surface area contributed by atoms with Gasteiger partial charge in [-0.05, 0) is 17.7 Å². The van der Waals surface area contributed by atoms with E-state index in [1.807, 2.05) is 48.5 Å². The van der Waals surface area contributed by atoms with Gasteiger partial charge in [0, 0.05) is 24.7 Å². The van der Waals surface area contributed by atoms with E-state index in [4.69, 9.17) is 12.2 Å². The van der Waals surface area contributed by atoms with E-state index >= 15 is 0 Å². The van der Waals surface area contributed by atoms with E-state index in [2.05, 4.69) is 21.5 Å². The van der Waals surface area contributed by atoms with Crippen LogP contribution in [-0.4, -0.2) is 29.4 Å². The van der Waals surface area contributed by atoms with Crippen molar-refractivity contribution in [2.75, 3.05) is 6.54 Å². The molecule has 0 fully saturated rings. The number of nitrogens with one attached hydrogen (secondary N) is 2. The highest BCUT2D eigenvalue weighted by atomic mass is 16.2. The Hall–Kier alpha value is -3.17. The molecule has 1 aromatic heterocycles. The predicted molar refractivity (Wildman–Crippen MR) is 99.7 cm³/mol. The maximum atomic E-state index is 12.3. The van der Waals surface area contributed by atoms with Crippen molar-refractivity contribution in [3.05, 3.63) is 66.0 Å². The monoisotopic (exact) mass is 350 g/mol. The fraction of sp³-hybridized carbons (Fsp3) is 0.250. The Morgan fingerprint density at radius 2 is 1.88 bits per heavy atom. The summed E-state index contributed by atoms with van der Waals surface area (Å²) in [4.78, 5) is 28.3. The van der Waals surface area contributed by atoms with Gasteiger partial charge in [-0.25, -0.2) is 0 Å². The molecule has 1 heterocycles. The van der Waals surface area contributed by atoms with Crippen LogP contribution in [0.15, 0.2) is 54.7 Å². The third-order valence-corrected chi connectivity index (χ3v) is 3.77. The first-order valence-electron chi connectivity index (χ1n) is 8.31. The van der Waals surface area contributed by atoms with Gasteiger partial charge in [-0.3, -0.25) is 14.6 Å². The lowest BCUT2D eigenvalue weighted by Crippen LogP contribution is -2.45. The summed E-state index contributed by atoms with van der Waals surface area (Å²) in [6.45, 7) is -0.164. The normalized spacial score (nSPS) is 12.5. The number of carbonyl (C=O) groups excluding carboxylic acids is 2. The number of nitrogens with zero attached hydrogens (tertiary/aromatic N) is 1. The molecule has 2 atom stereocenters. The zero-order valence-electron chi connectivity index (χ0n) is 14.4. The van der Waals surface area contributed by atoms with Gasteiger partial charge in [-0.15, -0.1) is 12.3 Å². The summed E-state index contributed by atoms with van der Waals surface area (Å²) in [6.07, 6.45) is 7.51. The van der Waals surface area contributed by atoms with Crippen LogP contribution in [0, 0.1) is 12.3 Å². The Morgan fingerprint density at radius 1 is 1.15 bits per heavy atom. The van der Waals surface area contributed by atoms with Crippen LogP contribution in [0.5, 0.6) is 0 Å². The van der Waals surface area contributed by atoms with Gasteiger partial charge >= 0.3 is 0 Å². The van der Waals surface area contributed by atoms with Crippen LogP contribution in [-0.2, 0) is 16.0 Å². The van der Waals surface area contributed by atoms with Crippen molar-refractivity contribution in [2.24, 2.45) is 5.73 Å². The lowest BCUT2D eigenvalue weighted by molar-refractivity contribution is -0.127. The Labute approximate surface area is 153 Å². The smallest absolute Gasteiger partial charge is 0.239 e. The van der Waals surface area contributed by atoms with Gasteiger partial charge in [-0.1, -0.05) is 36.4 Å². The van der Waals surface area contributed by atoms with Crippen molar-refractivity contribution in [1.29, 1.82) is 0 Å².